The number of hydrogen-bond acceptors (Lipinski definition) is 3. The number of nitrogens with zero attached hydrogens (tertiary/aromatic N) is 1. The van der Waals surface area contributed by atoms with Gasteiger partial charge in [-0.1, -0.05) is 5.92 Å². The summed E-state index contributed by atoms with van der Waals surface area (Å²) >= 11 is 0. The summed E-state index contributed by atoms with van der Waals surface area (Å²) in [7, 11) is 1.49. The van der Waals surface area contributed by atoms with Crippen LogP contribution in [-0.2, 0) is 0 Å². The molecule has 0 aromatic carbocycles. The maximum Gasteiger partial charge on any atom is 0.268 e. The highest BCUT2D eigenvalue weighted by atomic mass is 16.5. The topological polar surface area (TPSA) is 65.2 Å². The third-order valence-electron chi connectivity index (χ3n) is 1.49. The predicted octanol–water partition coefficient (Wildman–Crippen LogP) is 0.170. The van der Waals surface area contributed by atoms with Crippen molar-refractivity contribution in [3.05, 3.63) is 23.5 Å². The first-order valence-electron chi connectivity index (χ1n) is 3.49. The number of aromatic nitrogens is 1. The van der Waals surface area contributed by atoms with Gasteiger partial charge in [-0.05, 0) is 6.07 Å². The van der Waals surface area contributed by atoms with Gasteiger partial charge in [0, 0.05) is 0 Å². The number of nitrogens with two attached hydrogens (primary N) is 1. The molecule has 1 aromatic rings. The minimum Gasteiger partial charge on any atom is -0.495 e. The number of terminal acetylenes is 1. The van der Waals surface area contributed by atoms with Crippen LogP contribution >= 0.6 is 0 Å². The normalized spacial score (nSPS) is 8.92. The summed E-state index contributed by atoms with van der Waals surface area (Å²) in [5.74, 6) is 2.16. The fraction of sp³-hybridized carbons (Fsp3) is 0.111. The van der Waals surface area contributed by atoms with E-state index >= 15 is 0 Å². The number of hydrogen-bond donors (Lipinski definition) is 1. The molecule has 0 aliphatic carbocycles. The van der Waals surface area contributed by atoms with Gasteiger partial charge in [0.25, 0.3) is 5.91 Å². The van der Waals surface area contributed by atoms with Crippen molar-refractivity contribution in [1.29, 1.82) is 0 Å². The summed E-state index contributed by atoms with van der Waals surface area (Å²) in [4.78, 5) is 14.6. The van der Waals surface area contributed by atoms with Crippen molar-refractivity contribution in [3.63, 3.8) is 0 Å². The van der Waals surface area contributed by atoms with Gasteiger partial charge in [-0.2, -0.15) is 0 Å². The maximum absolute atomic E-state index is 10.8. The third kappa shape index (κ3) is 1.76. The van der Waals surface area contributed by atoms with E-state index in [-0.39, 0.29) is 5.69 Å². The number of primary amides is 1. The highest BCUT2D eigenvalue weighted by Crippen LogP contribution is 2.13. The Kier molecular flexibility index (Phi) is 2.50. The summed E-state index contributed by atoms with van der Waals surface area (Å²) < 4.78 is 4.88. The molecule has 0 unspecified atom stereocenters. The molecule has 0 aliphatic heterocycles. The molecule has 0 fully saturated rings. The van der Waals surface area contributed by atoms with Crippen LogP contribution in [0.3, 0.4) is 0 Å². The molecule has 13 heavy (non-hydrogen) atoms. The molecule has 1 rings (SSSR count). The molecule has 4 nitrogen and oxygen atoms in total. The van der Waals surface area contributed by atoms with Crippen LogP contribution in [0.15, 0.2) is 12.3 Å². The Morgan fingerprint density at radius 2 is 2.46 bits per heavy atom. The second-order valence-electron chi connectivity index (χ2n) is 2.28. The lowest BCUT2D eigenvalue weighted by Crippen LogP contribution is -2.15. The summed E-state index contributed by atoms with van der Waals surface area (Å²) in [6, 6.07) is 1.53. The Morgan fingerprint density at radius 1 is 1.77 bits per heavy atom. The SMILES string of the molecule is C#Cc1cc(OC)cnc1C(N)=O. The third-order valence-corrected chi connectivity index (χ3v) is 1.49. The Hall–Kier alpha value is -2.02. The van der Waals surface area contributed by atoms with E-state index in [4.69, 9.17) is 16.9 Å². The van der Waals surface area contributed by atoms with E-state index in [1.807, 2.05) is 0 Å². The second kappa shape index (κ2) is 3.59. The average molecular weight is 176 g/mol. The highest BCUT2D eigenvalue weighted by molar-refractivity contribution is 5.93. The lowest BCUT2D eigenvalue weighted by atomic mass is 10.2. The van der Waals surface area contributed by atoms with E-state index in [2.05, 4.69) is 10.9 Å². The Labute approximate surface area is 75.7 Å². The van der Waals surface area contributed by atoms with Crippen molar-refractivity contribution in [1.82, 2.24) is 4.98 Å². The number of ether oxygens (including phenoxy) is 1. The number of amides is 1. The maximum atomic E-state index is 10.8. The zero-order valence-electron chi connectivity index (χ0n) is 7.07. The van der Waals surface area contributed by atoms with Crippen molar-refractivity contribution in [3.8, 4) is 18.1 Å². The van der Waals surface area contributed by atoms with Crippen molar-refractivity contribution in [2.24, 2.45) is 5.73 Å². The molecule has 1 amide bonds. The predicted molar refractivity (Wildman–Crippen MR) is 47.2 cm³/mol. The minimum absolute atomic E-state index is 0.0864. The van der Waals surface area contributed by atoms with Crippen LogP contribution in [0.1, 0.15) is 16.1 Å². The molecule has 0 saturated carbocycles. The molecule has 4 heteroatoms. The van der Waals surface area contributed by atoms with E-state index in [9.17, 15) is 4.79 Å². The standard InChI is InChI=1S/C9H8N2O2/c1-3-6-4-7(13-2)5-11-8(6)9(10)12/h1,4-5H,2H3,(H2,10,12). The van der Waals surface area contributed by atoms with Crippen LogP contribution in [0.2, 0.25) is 0 Å². The Bertz CT molecular complexity index is 380. The lowest BCUT2D eigenvalue weighted by molar-refractivity contribution is 0.0995. The molecule has 0 atom stereocenters. The van der Waals surface area contributed by atoms with Gasteiger partial charge < -0.3 is 10.5 Å². The van der Waals surface area contributed by atoms with E-state index in [0.717, 1.165) is 0 Å². The van der Waals surface area contributed by atoms with Crippen molar-refractivity contribution >= 4 is 5.91 Å². The van der Waals surface area contributed by atoms with Crippen LogP contribution < -0.4 is 10.5 Å². The van der Waals surface area contributed by atoms with Crippen LogP contribution in [-0.4, -0.2) is 18.0 Å². The number of rotatable bonds is 2. The molecule has 0 saturated heterocycles. The van der Waals surface area contributed by atoms with Gasteiger partial charge in [-0.25, -0.2) is 4.98 Å². The molecule has 2 N–H and O–H groups in total. The smallest absolute Gasteiger partial charge is 0.268 e. The first-order valence-corrected chi connectivity index (χ1v) is 3.49. The molecular formula is C9H8N2O2. The van der Waals surface area contributed by atoms with Crippen LogP contribution in [0.5, 0.6) is 5.75 Å². The Morgan fingerprint density at radius 3 is 2.92 bits per heavy atom. The summed E-state index contributed by atoms with van der Waals surface area (Å²) in [6.45, 7) is 0. The zero-order chi connectivity index (χ0) is 9.84. The fourth-order valence-electron chi connectivity index (χ4n) is 0.864. The quantitative estimate of drug-likeness (QED) is 0.653. The number of carbonyl (C=O) groups is 1. The summed E-state index contributed by atoms with van der Waals surface area (Å²) in [6.07, 6.45) is 6.55. The van der Waals surface area contributed by atoms with Gasteiger partial charge >= 0.3 is 0 Å². The fourth-order valence-corrected chi connectivity index (χ4v) is 0.864. The van der Waals surface area contributed by atoms with Crippen molar-refractivity contribution in [2.75, 3.05) is 7.11 Å². The highest BCUT2D eigenvalue weighted by Gasteiger charge is 2.08. The van der Waals surface area contributed by atoms with Crippen molar-refractivity contribution < 1.29 is 9.53 Å². The van der Waals surface area contributed by atoms with Gasteiger partial charge in [0.05, 0.1) is 18.9 Å². The van der Waals surface area contributed by atoms with E-state index < -0.39 is 5.91 Å². The monoisotopic (exact) mass is 176 g/mol. The molecule has 1 heterocycles. The largest absolute Gasteiger partial charge is 0.495 e. The van der Waals surface area contributed by atoms with Crippen LogP contribution in [0.25, 0.3) is 0 Å². The molecule has 66 valence electrons. The summed E-state index contributed by atoms with van der Waals surface area (Å²) in [5, 5.41) is 0. The lowest BCUT2D eigenvalue weighted by Gasteiger charge is -2.02. The molecule has 0 bridgehead atoms. The summed E-state index contributed by atoms with van der Waals surface area (Å²) in [5.41, 5.74) is 5.47. The minimum atomic E-state index is -0.643. The average Bonchev–Trinajstić information content (AvgIpc) is 2.16. The van der Waals surface area contributed by atoms with Gasteiger partial charge in [0.1, 0.15) is 11.4 Å². The van der Waals surface area contributed by atoms with Gasteiger partial charge in [-0.3, -0.25) is 4.79 Å². The second-order valence-corrected chi connectivity index (χ2v) is 2.28. The molecule has 0 radical (unpaired) electrons. The number of pyridine rings is 1. The Balaban J connectivity index is 3.26. The van der Waals surface area contributed by atoms with E-state index in [1.165, 1.54) is 19.4 Å². The van der Waals surface area contributed by atoms with Crippen LogP contribution in [0, 0.1) is 12.3 Å². The van der Waals surface area contributed by atoms with Gasteiger partial charge in [-0.15, -0.1) is 6.42 Å². The molecular weight excluding hydrogens is 168 g/mol. The number of carbonyl (C=O) groups excluding carboxylic acids is 1. The van der Waals surface area contributed by atoms with Crippen LogP contribution in [0.4, 0.5) is 0 Å². The zero-order valence-corrected chi connectivity index (χ0v) is 7.07. The molecule has 1 aromatic heterocycles. The van der Waals surface area contributed by atoms with Crippen molar-refractivity contribution in [2.45, 2.75) is 0 Å². The van der Waals surface area contributed by atoms with Gasteiger partial charge in [0.2, 0.25) is 0 Å². The van der Waals surface area contributed by atoms with E-state index in [1.54, 1.807) is 0 Å². The molecule has 0 aliphatic rings. The molecule has 0 spiro atoms. The van der Waals surface area contributed by atoms with Gasteiger partial charge in [0.15, 0.2) is 0 Å². The van der Waals surface area contributed by atoms with E-state index in [0.29, 0.717) is 11.3 Å². The first kappa shape index (κ1) is 9.07. The first-order chi connectivity index (χ1) is 6.19. The number of methoxy groups -OCH3 is 1.